The Kier molecular flexibility index (Phi) is 6.57. The molecule has 7 heteroatoms. The molecule has 3 rings (SSSR count). The minimum absolute atomic E-state index is 0. The zero-order chi connectivity index (χ0) is 16.2. The Labute approximate surface area is 147 Å². The standard InChI is InChI=1S/C17H22FN3O2.ClH/c18-15-4-2-13(3-5-15)16(22)20-8-1-9-21(11-10-20)17(23)14-6-7-19-12-14;/h2-5,14,19H,1,6-12H2;1H. The second-order valence-electron chi connectivity index (χ2n) is 6.17. The Morgan fingerprint density at radius 2 is 1.71 bits per heavy atom. The van der Waals surface area contributed by atoms with Crippen LogP contribution in [0, 0.1) is 11.7 Å². The van der Waals surface area contributed by atoms with Crippen molar-refractivity contribution in [1.29, 1.82) is 0 Å². The van der Waals surface area contributed by atoms with Gasteiger partial charge in [-0.05, 0) is 43.7 Å². The Bertz CT molecular complexity index is 576. The minimum atomic E-state index is -0.348. The normalized spacial score (nSPS) is 21.1. The molecule has 0 bridgehead atoms. The third-order valence-electron chi connectivity index (χ3n) is 4.60. The molecule has 2 fully saturated rings. The summed E-state index contributed by atoms with van der Waals surface area (Å²) in [6, 6.07) is 5.62. The van der Waals surface area contributed by atoms with Crippen molar-refractivity contribution >= 4 is 24.2 Å². The summed E-state index contributed by atoms with van der Waals surface area (Å²) in [4.78, 5) is 28.6. The van der Waals surface area contributed by atoms with E-state index >= 15 is 0 Å². The van der Waals surface area contributed by atoms with Gasteiger partial charge in [0.2, 0.25) is 5.91 Å². The first-order valence-electron chi connectivity index (χ1n) is 8.19. The number of benzene rings is 1. The third-order valence-corrected chi connectivity index (χ3v) is 4.60. The molecule has 0 aromatic heterocycles. The molecule has 1 aromatic rings. The largest absolute Gasteiger partial charge is 0.341 e. The van der Waals surface area contributed by atoms with Crippen LogP contribution in [0.25, 0.3) is 0 Å². The van der Waals surface area contributed by atoms with Crippen LogP contribution in [0.15, 0.2) is 24.3 Å². The van der Waals surface area contributed by atoms with Crippen LogP contribution in [0.2, 0.25) is 0 Å². The summed E-state index contributed by atoms with van der Waals surface area (Å²) >= 11 is 0. The van der Waals surface area contributed by atoms with E-state index in [0.29, 0.717) is 31.7 Å². The summed E-state index contributed by atoms with van der Waals surface area (Å²) < 4.78 is 13.0. The van der Waals surface area contributed by atoms with Gasteiger partial charge in [-0.25, -0.2) is 4.39 Å². The summed E-state index contributed by atoms with van der Waals surface area (Å²) in [7, 11) is 0. The third kappa shape index (κ3) is 4.24. The van der Waals surface area contributed by atoms with E-state index in [-0.39, 0.29) is 36.0 Å². The molecular weight excluding hydrogens is 333 g/mol. The van der Waals surface area contributed by atoms with Gasteiger partial charge in [-0.3, -0.25) is 9.59 Å². The van der Waals surface area contributed by atoms with Crippen molar-refractivity contribution in [2.45, 2.75) is 12.8 Å². The predicted octanol–water partition coefficient (Wildman–Crippen LogP) is 1.53. The van der Waals surface area contributed by atoms with E-state index in [1.54, 1.807) is 4.90 Å². The second kappa shape index (κ2) is 8.44. The Balaban J connectivity index is 0.00000208. The van der Waals surface area contributed by atoms with Crippen molar-refractivity contribution in [3.8, 4) is 0 Å². The molecule has 0 saturated carbocycles. The first-order chi connectivity index (χ1) is 11.1. The SMILES string of the molecule is Cl.O=C(c1ccc(F)cc1)N1CCCN(C(=O)C2CCNC2)CC1. The number of rotatable bonds is 2. The average molecular weight is 356 g/mol. The fourth-order valence-corrected chi connectivity index (χ4v) is 3.24. The van der Waals surface area contributed by atoms with Crippen LogP contribution < -0.4 is 5.32 Å². The van der Waals surface area contributed by atoms with E-state index in [0.717, 1.165) is 25.9 Å². The Morgan fingerprint density at radius 3 is 2.38 bits per heavy atom. The van der Waals surface area contributed by atoms with Gasteiger partial charge in [-0.1, -0.05) is 0 Å². The highest BCUT2D eigenvalue weighted by Gasteiger charge is 2.29. The number of nitrogens with zero attached hydrogens (tertiary/aromatic N) is 2. The molecule has 2 aliphatic rings. The Hall–Kier alpha value is -1.66. The molecule has 2 heterocycles. The number of halogens is 2. The summed E-state index contributed by atoms with van der Waals surface area (Å²) in [6.45, 7) is 4.09. The molecule has 0 aliphatic carbocycles. The molecule has 0 spiro atoms. The first kappa shape index (κ1) is 18.7. The molecule has 24 heavy (non-hydrogen) atoms. The number of carbonyl (C=O) groups excluding carboxylic acids is 2. The maximum Gasteiger partial charge on any atom is 0.253 e. The fourth-order valence-electron chi connectivity index (χ4n) is 3.24. The zero-order valence-electron chi connectivity index (χ0n) is 13.5. The van der Waals surface area contributed by atoms with Gasteiger partial charge in [0.1, 0.15) is 5.82 Å². The van der Waals surface area contributed by atoms with Crippen molar-refractivity contribution in [3.63, 3.8) is 0 Å². The number of amides is 2. The van der Waals surface area contributed by atoms with Crippen LogP contribution in [0.1, 0.15) is 23.2 Å². The quantitative estimate of drug-likeness (QED) is 0.875. The molecule has 1 N–H and O–H groups in total. The van der Waals surface area contributed by atoms with E-state index in [4.69, 9.17) is 0 Å². The van der Waals surface area contributed by atoms with Gasteiger partial charge < -0.3 is 15.1 Å². The van der Waals surface area contributed by atoms with Crippen LogP contribution >= 0.6 is 12.4 Å². The maximum atomic E-state index is 13.0. The van der Waals surface area contributed by atoms with E-state index in [1.165, 1.54) is 24.3 Å². The first-order valence-corrected chi connectivity index (χ1v) is 8.19. The minimum Gasteiger partial charge on any atom is -0.341 e. The van der Waals surface area contributed by atoms with Crippen molar-refractivity contribution in [3.05, 3.63) is 35.6 Å². The van der Waals surface area contributed by atoms with Gasteiger partial charge in [-0.2, -0.15) is 0 Å². The fraction of sp³-hybridized carbons (Fsp3) is 0.529. The van der Waals surface area contributed by atoms with E-state index in [2.05, 4.69) is 5.32 Å². The van der Waals surface area contributed by atoms with Crippen LogP contribution in [-0.2, 0) is 4.79 Å². The molecule has 2 aliphatic heterocycles. The molecule has 1 unspecified atom stereocenters. The van der Waals surface area contributed by atoms with Crippen LogP contribution in [0.4, 0.5) is 4.39 Å². The molecule has 132 valence electrons. The highest BCUT2D eigenvalue weighted by Crippen LogP contribution is 2.15. The molecule has 1 aromatic carbocycles. The lowest BCUT2D eigenvalue weighted by molar-refractivity contribution is -0.134. The molecule has 2 amide bonds. The number of hydrogen-bond donors (Lipinski definition) is 1. The van der Waals surface area contributed by atoms with Gasteiger partial charge in [0, 0.05) is 38.3 Å². The molecular formula is C17H23ClFN3O2. The summed E-state index contributed by atoms with van der Waals surface area (Å²) in [5.74, 6) is -0.165. The molecule has 1 atom stereocenters. The highest BCUT2D eigenvalue weighted by atomic mass is 35.5. The topological polar surface area (TPSA) is 52.7 Å². The average Bonchev–Trinajstić information content (AvgIpc) is 2.99. The van der Waals surface area contributed by atoms with Crippen molar-refractivity contribution in [2.24, 2.45) is 5.92 Å². The lowest BCUT2D eigenvalue weighted by Crippen LogP contribution is -2.40. The number of nitrogens with one attached hydrogen (secondary N) is 1. The van der Waals surface area contributed by atoms with E-state index in [1.807, 2.05) is 4.90 Å². The highest BCUT2D eigenvalue weighted by molar-refractivity contribution is 5.94. The van der Waals surface area contributed by atoms with E-state index < -0.39 is 0 Å². The molecule has 0 radical (unpaired) electrons. The Morgan fingerprint density at radius 1 is 1.04 bits per heavy atom. The van der Waals surface area contributed by atoms with Crippen molar-refractivity contribution in [1.82, 2.24) is 15.1 Å². The maximum absolute atomic E-state index is 13.0. The van der Waals surface area contributed by atoms with Crippen molar-refractivity contribution in [2.75, 3.05) is 39.3 Å². The molecule has 5 nitrogen and oxygen atoms in total. The van der Waals surface area contributed by atoms with Crippen LogP contribution in [-0.4, -0.2) is 60.9 Å². The summed E-state index contributed by atoms with van der Waals surface area (Å²) in [6.07, 6.45) is 1.67. The predicted molar refractivity (Wildman–Crippen MR) is 91.7 cm³/mol. The van der Waals surface area contributed by atoms with Gasteiger partial charge in [0.05, 0.1) is 5.92 Å². The summed E-state index contributed by atoms with van der Waals surface area (Å²) in [5, 5.41) is 3.22. The number of hydrogen-bond acceptors (Lipinski definition) is 3. The van der Waals surface area contributed by atoms with Gasteiger partial charge in [0.15, 0.2) is 0 Å². The lowest BCUT2D eigenvalue weighted by atomic mass is 10.1. The number of carbonyl (C=O) groups is 2. The second-order valence-corrected chi connectivity index (χ2v) is 6.17. The zero-order valence-corrected chi connectivity index (χ0v) is 14.4. The van der Waals surface area contributed by atoms with Gasteiger partial charge >= 0.3 is 0 Å². The monoisotopic (exact) mass is 355 g/mol. The van der Waals surface area contributed by atoms with Gasteiger partial charge in [0.25, 0.3) is 5.91 Å². The van der Waals surface area contributed by atoms with E-state index in [9.17, 15) is 14.0 Å². The lowest BCUT2D eigenvalue weighted by Gasteiger charge is -2.24. The summed E-state index contributed by atoms with van der Waals surface area (Å²) in [5.41, 5.74) is 0.492. The van der Waals surface area contributed by atoms with Crippen molar-refractivity contribution < 1.29 is 14.0 Å². The van der Waals surface area contributed by atoms with Crippen LogP contribution in [0.3, 0.4) is 0 Å². The van der Waals surface area contributed by atoms with Gasteiger partial charge in [-0.15, -0.1) is 12.4 Å². The molecule has 2 saturated heterocycles. The smallest absolute Gasteiger partial charge is 0.253 e. The van der Waals surface area contributed by atoms with Crippen LogP contribution in [0.5, 0.6) is 0 Å².